The molecule has 0 aliphatic heterocycles. The fourth-order valence-corrected chi connectivity index (χ4v) is 2.82. The SMILES string of the molecule is COc1cc(C(C)=O)ccc1OCC(=O)NC(CC(C)C)c1ccccc1. The number of ketones is 1. The minimum Gasteiger partial charge on any atom is -0.493 e. The van der Waals surface area contributed by atoms with Gasteiger partial charge in [0, 0.05) is 5.56 Å². The number of nitrogens with one attached hydrogen (secondary N) is 1. The number of carbonyl (C=O) groups is 2. The Hall–Kier alpha value is -2.82. The van der Waals surface area contributed by atoms with Crippen LogP contribution in [0.25, 0.3) is 0 Å². The monoisotopic (exact) mass is 369 g/mol. The fraction of sp³-hybridized carbons (Fsp3) is 0.364. The van der Waals surface area contributed by atoms with Crippen molar-refractivity contribution in [3.05, 3.63) is 59.7 Å². The van der Waals surface area contributed by atoms with E-state index in [9.17, 15) is 9.59 Å². The third-order valence-electron chi connectivity index (χ3n) is 4.17. The lowest BCUT2D eigenvalue weighted by Crippen LogP contribution is -2.33. The van der Waals surface area contributed by atoms with E-state index >= 15 is 0 Å². The van der Waals surface area contributed by atoms with Gasteiger partial charge >= 0.3 is 0 Å². The van der Waals surface area contributed by atoms with Gasteiger partial charge in [-0.3, -0.25) is 9.59 Å². The molecule has 1 unspecified atom stereocenters. The topological polar surface area (TPSA) is 64.6 Å². The number of methoxy groups -OCH3 is 1. The summed E-state index contributed by atoms with van der Waals surface area (Å²) in [6, 6.07) is 14.8. The van der Waals surface area contributed by atoms with Gasteiger partial charge in [0.1, 0.15) is 0 Å². The molecule has 0 aliphatic rings. The predicted octanol–water partition coefficient (Wildman–Crippen LogP) is 4.18. The van der Waals surface area contributed by atoms with Gasteiger partial charge in [0.25, 0.3) is 5.91 Å². The number of hydrogen-bond acceptors (Lipinski definition) is 4. The molecule has 0 radical (unpaired) electrons. The summed E-state index contributed by atoms with van der Waals surface area (Å²) in [6.07, 6.45) is 0.840. The summed E-state index contributed by atoms with van der Waals surface area (Å²) in [6.45, 7) is 5.61. The van der Waals surface area contributed by atoms with Crippen LogP contribution in [-0.4, -0.2) is 25.4 Å². The maximum atomic E-state index is 12.4. The Kier molecular flexibility index (Phi) is 7.41. The lowest BCUT2D eigenvalue weighted by atomic mass is 9.97. The van der Waals surface area contributed by atoms with Crippen LogP contribution in [0.15, 0.2) is 48.5 Å². The first-order valence-corrected chi connectivity index (χ1v) is 9.06. The first kappa shape index (κ1) is 20.5. The molecule has 5 heteroatoms. The Morgan fingerprint density at radius 2 is 1.74 bits per heavy atom. The molecular formula is C22H27NO4. The van der Waals surface area contributed by atoms with Crippen LogP contribution in [0.5, 0.6) is 11.5 Å². The van der Waals surface area contributed by atoms with E-state index in [2.05, 4.69) is 19.2 Å². The summed E-state index contributed by atoms with van der Waals surface area (Å²) in [4.78, 5) is 23.9. The van der Waals surface area contributed by atoms with Crippen molar-refractivity contribution in [3.8, 4) is 11.5 Å². The second kappa shape index (κ2) is 9.76. The molecule has 1 amide bonds. The van der Waals surface area contributed by atoms with Crippen molar-refractivity contribution in [1.29, 1.82) is 0 Å². The Bertz CT molecular complexity index is 771. The van der Waals surface area contributed by atoms with Crippen molar-refractivity contribution in [2.45, 2.75) is 33.2 Å². The van der Waals surface area contributed by atoms with E-state index in [0.29, 0.717) is 23.0 Å². The van der Waals surface area contributed by atoms with Crippen LogP contribution in [0.3, 0.4) is 0 Å². The summed E-state index contributed by atoms with van der Waals surface area (Å²) in [5, 5.41) is 3.04. The number of ether oxygens (including phenoxy) is 2. The molecule has 2 aromatic rings. The highest BCUT2D eigenvalue weighted by atomic mass is 16.5. The van der Waals surface area contributed by atoms with Crippen molar-refractivity contribution in [2.75, 3.05) is 13.7 Å². The summed E-state index contributed by atoms with van der Waals surface area (Å²) in [7, 11) is 1.50. The van der Waals surface area contributed by atoms with Crippen molar-refractivity contribution in [2.24, 2.45) is 5.92 Å². The summed E-state index contributed by atoms with van der Waals surface area (Å²) < 4.78 is 10.9. The lowest BCUT2D eigenvalue weighted by molar-refractivity contribution is -0.124. The highest BCUT2D eigenvalue weighted by Gasteiger charge is 2.17. The molecule has 2 aromatic carbocycles. The van der Waals surface area contributed by atoms with Crippen molar-refractivity contribution in [3.63, 3.8) is 0 Å². The minimum atomic E-state index is -0.206. The molecule has 2 rings (SSSR count). The molecule has 1 N–H and O–H groups in total. The van der Waals surface area contributed by atoms with Crippen LogP contribution in [-0.2, 0) is 4.79 Å². The Labute approximate surface area is 160 Å². The van der Waals surface area contributed by atoms with Gasteiger partial charge in [-0.25, -0.2) is 0 Å². The molecule has 0 fully saturated rings. The van der Waals surface area contributed by atoms with Crippen molar-refractivity contribution >= 4 is 11.7 Å². The van der Waals surface area contributed by atoms with Crippen LogP contribution in [0, 0.1) is 5.92 Å². The van der Waals surface area contributed by atoms with Crippen LogP contribution < -0.4 is 14.8 Å². The Balaban J connectivity index is 2.03. The number of carbonyl (C=O) groups excluding carboxylic acids is 2. The largest absolute Gasteiger partial charge is 0.493 e. The van der Waals surface area contributed by atoms with Gasteiger partial charge in [0.05, 0.1) is 13.2 Å². The lowest BCUT2D eigenvalue weighted by Gasteiger charge is -2.21. The smallest absolute Gasteiger partial charge is 0.258 e. The van der Waals surface area contributed by atoms with Gasteiger partial charge in [-0.05, 0) is 43.0 Å². The average molecular weight is 369 g/mol. The third-order valence-corrected chi connectivity index (χ3v) is 4.17. The number of amides is 1. The van der Waals surface area contributed by atoms with Gasteiger partial charge in [-0.2, -0.15) is 0 Å². The predicted molar refractivity (Wildman–Crippen MR) is 105 cm³/mol. The molecule has 144 valence electrons. The van der Waals surface area contributed by atoms with Crippen molar-refractivity contribution < 1.29 is 19.1 Å². The molecule has 0 spiro atoms. The molecule has 0 saturated heterocycles. The molecule has 0 bridgehead atoms. The molecule has 0 aromatic heterocycles. The molecule has 27 heavy (non-hydrogen) atoms. The zero-order valence-electron chi connectivity index (χ0n) is 16.3. The van der Waals surface area contributed by atoms with Gasteiger partial charge in [-0.15, -0.1) is 0 Å². The number of Topliss-reactive ketones (excluding diaryl/α,β-unsaturated/α-hetero) is 1. The van der Waals surface area contributed by atoms with Gasteiger partial charge in [0.15, 0.2) is 23.9 Å². The minimum absolute atomic E-state index is 0.0584. The maximum absolute atomic E-state index is 12.4. The van der Waals surface area contributed by atoms with E-state index < -0.39 is 0 Å². The number of hydrogen-bond donors (Lipinski definition) is 1. The fourth-order valence-electron chi connectivity index (χ4n) is 2.82. The van der Waals surface area contributed by atoms with Gasteiger partial charge < -0.3 is 14.8 Å². The first-order valence-electron chi connectivity index (χ1n) is 9.06. The molecule has 0 heterocycles. The molecule has 1 atom stereocenters. The molecule has 0 aliphatic carbocycles. The molecule has 0 saturated carbocycles. The highest BCUT2D eigenvalue weighted by Crippen LogP contribution is 2.28. The normalized spacial score (nSPS) is 11.7. The van der Waals surface area contributed by atoms with Gasteiger partial charge in [0.2, 0.25) is 0 Å². The first-order chi connectivity index (χ1) is 12.9. The van der Waals surface area contributed by atoms with E-state index in [1.165, 1.54) is 14.0 Å². The molecule has 5 nitrogen and oxygen atoms in total. The van der Waals surface area contributed by atoms with Gasteiger partial charge in [-0.1, -0.05) is 44.2 Å². The average Bonchev–Trinajstić information content (AvgIpc) is 2.66. The van der Waals surface area contributed by atoms with Crippen LogP contribution in [0.4, 0.5) is 0 Å². The van der Waals surface area contributed by atoms with Crippen LogP contribution >= 0.6 is 0 Å². The zero-order chi connectivity index (χ0) is 19.8. The summed E-state index contributed by atoms with van der Waals surface area (Å²) in [5.74, 6) is 1.03. The van der Waals surface area contributed by atoms with Crippen LogP contribution in [0.2, 0.25) is 0 Å². The second-order valence-corrected chi connectivity index (χ2v) is 6.87. The van der Waals surface area contributed by atoms with E-state index in [0.717, 1.165) is 12.0 Å². The maximum Gasteiger partial charge on any atom is 0.258 e. The number of benzene rings is 2. The second-order valence-electron chi connectivity index (χ2n) is 6.87. The Morgan fingerprint density at radius 1 is 1.04 bits per heavy atom. The third kappa shape index (κ3) is 6.13. The van der Waals surface area contributed by atoms with E-state index in [-0.39, 0.29) is 24.3 Å². The van der Waals surface area contributed by atoms with Crippen molar-refractivity contribution in [1.82, 2.24) is 5.32 Å². The summed E-state index contributed by atoms with van der Waals surface area (Å²) >= 11 is 0. The highest BCUT2D eigenvalue weighted by molar-refractivity contribution is 5.94. The van der Waals surface area contributed by atoms with E-state index in [1.54, 1.807) is 18.2 Å². The van der Waals surface area contributed by atoms with Crippen LogP contribution in [0.1, 0.15) is 49.2 Å². The number of rotatable bonds is 9. The van der Waals surface area contributed by atoms with E-state index in [4.69, 9.17) is 9.47 Å². The standard InChI is InChI=1S/C22H27NO4/c1-15(2)12-19(17-8-6-5-7-9-17)23-22(25)14-27-20-11-10-18(16(3)24)13-21(20)26-4/h5-11,13,15,19H,12,14H2,1-4H3,(H,23,25). The zero-order valence-corrected chi connectivity index (χ0v) is 16.3. The quantitative estimate of drug-likeness (QED) is 0.674. The molecular weight excluding hydrogens is 342 g/mol. The van der Waals surface area contributed by atoms with E-state index in [1.807, 2.05) is 30.3 Å². The summed E-state index contributed by atoms with van der Waals surface area (Å²) in [5.41, 5.74) is 1.60. The Morgan fingerprint density at radius 3 is 2.33 bits per heavy atom.